The fraction of sp³-hybridized carbons (Fsp3) is 0.680. The summed E-state index contributed by atoms with van der Waals surface area (Å²) in [6.45, 7) is 9.87. The lowest BCUT2D eigenvalue weighted by atomic mass is 10.1. The second kappa shape index (κ2) is 16.5. The number of aliphatic hydroxyl groups excluding tert-OH is 1. The average molecular weight is 451 g/mol. The van der Waals surface area contributed by atoms with E-state index < -0.39 is 0 Å². The maximum absolute atomic E-state index is 8.77. The number of ether oxygens (including phenoxy) is 1. The van der Waals surface area contributed by atoms with Crippen LogP contribution in [0.2, 0.25) is 0 Å². The van der Waals surface area contributed by atoms with E-state index in [1.54, 1.807) is 0 Å². The number of benzene rings is 1. The summed E-state index contributed by atoms with van der Waals surface area (Å²) in [5.41, 5.74) is 2.53. The summed E-state index contributed by atoms with van der Waals surface area (Å²) in [6, 6.07) is 7.38. The molecule has 0 radical (unpaired) electrons. The van der Waals surface area contributed by atoms with Gasteiger partial charge in [0.05, 0.1) is 18.7 Å². The van der Waals surface area contributed by atoms with Crippen molar-refractivity contribution in [2.45, 2.75) is 97.6 Å². The van der Waals surface area contributed by atoms with E-state index in [1.165, 1.54) is 56.0 Å². The third-order valence-corrected chi connectivity index (χ3v) is 5.48. The van der Waals surface area contributed by atoms with Gasteiger partial charge in [0.1, 0.15) is 5.75 Å². The van der Waals surface area contributed by atoms with E-state index in [9.17, 15) is 0 Å². The predicted molar refractivity (Wildman–Crippen MR) is 124 cm³/mol. The molecule has 0 aliphatic carbocycles. The molecule has 0 unspecified atom stereocenters. The van der Waals surface area contributed by atoms with E-state index >= 15 is 0 Å². The van der Waals surface area contributed by atoms with Crippen LogP contribution in [0, 0.1) is 0 Å². The first kappa shape index (κ1) is 27.9. The minimum Gasteiger partial charge on any atom is -0.662 e. The number of carbonyl (C=O) groups excluding carboxylic acids is 1. The highest BCUT2D eigenvalue weighted by molar-refractivity contribution is 5.74. The van der Waals surface area contributed by atoms with E-state index in [-0.39, 0.29) is 6.47 Å². The van der Waals surface area contributed by atoms with Crippen LogP contribution < -0.4 is 14.6 Å². The standard InChI is InChI=1S/C24H41N2O2.CH2O3/c1-20(2)25-19-26(21(3)4)24-18-22(14-15-23(24)25)28-17-13-11-9-7-5-6-8-10-12-16-27;2-1-4-3/h14-15,18-21,27H,5-13,16-17H2,1-4H3;1,3H/q+1;/p-1. The molecule has 0 aliphatic heterocycles. The highest BCUT2D eigenvalue weighted by atomic mass is 17.1. The third kappa shape index (κ3) is 10.0. The normalized spacial score (nSPS) is 11.0. The van der Waals surface area contributed by atoms with Gasteiger partial charge < -0.3 is 20.0 Å². The van der Waals surface area contributed by atoms with Crippen LogP contribution in [-0.2, 0) is 9.68 Å². The summed E-state index contributed by atoms with van der Waals surface area (Å²) in [4.78, 5) is 11.2. The molecule has 7 heteroatoms. The molecule has 0 spiro atoms. The third-order valence-electron chi connectivity index (χ3n) is 5.48. The zero-order valence-corrected chi connectivity index (χ0v) is 20.3. The monoisotopic (exact) mass is 450 g/mol. The van der Waals surface area contributed by atoms with Crippen molar-refractivity contribution in [1.29, 1.82) is 0 Å². The number of hydrogen-bond acceptors (Lipinski definition) is 5. The molecule has 2 rings (SSSR count). The Hall–Kier alpha value is -2.12. The van der Waals surface area contributed by atoms with Crippen molar-refractivity contribution in [2.75, 3.05) is 13.2 Å². The van der Waals surface area contributed by atoms with Gasteiger partial charge in [-0.15, -0.1) is 0 Å². The summed E-state index contributed by atoms with van der Waals surface area (Å²) >= 11 is 0. The Morgan fingerprint density at radius 3 is 2.06 bits per heavy atom. The summed E-state index contributed by atoms with van der Waals surface area (Å²) in [5.74, 6) is 0.979. The van der Waals surface area contributed by atoms with Crippen LogP contribution >= 0.6 is 0 Å². The van der Waals surface area contributed by atoms with E-state index in [0.717, 1.165) is 25.2 Å². The van der Waals surface area contributed by atoms with Crippen molar-refractivity contribution < 1.29 is 29.3 Å². The first-order chi connectivity index (χ1) is 15.5. The molecule has 182 valence electrons. The second-order valence-electron chi connectivity index (χ2n) is 8.71. The van der Waals surface area contributed by atoms with Gasteiger partial charge in [0, 0.05) is 12.7 Å². The Balaban J connectivity index is 0.00000118. The summed E-state index contributed by atoms with van der Waals surface area (Å²) in [5, 5.41) is 17.2. The number of fused-ring (bicyclic) bond motifs is 1. The average Bonchev–Trinajstić information content (AvgIpc) is 3.17. The fourth-order valence-corrected chi connectivity index (χ4v) is 3.74. The van der Waals surface area contributed by atoms with E-state index in [4.69, 9.17) is 19.9 Å². The van der Waals surface area contributed by atoms with Crippen LogP contribution in [0.15, 0.2) is 24.5 Å². The molecule has 1 aromatic heterocycles. The zero-order valence-electron chi connectivity index (χ0n) is 20.3. The molecule has 0 saturated carbocycles. The van der Waals surface area contributed by atoms with Gasteiger partial charge in [0.15, 0.2) is 11.0 Å². The molecular formula is C25H42N2O5. The lowest BCUT2D eigenvalue weighted by Crippen LogP contribution is -2.34. The van der Waals surface area contributed by atoms with Crippen LogP contribution in [0.4, 0.5) is 0 Å². The van der Waals surface area contributed by atoms with Crippen molar-refractivity contribution in [3.8, 4) is 5.75 Å². The van der Waals surface area contributed by atoms with Gasteiger partial charge in [-0.2, -0.15) is 0 Å². The Morgan fingerprint density at radius 2 is 1.56 bits per heavy atom. The van der Waals surface area contributed by atoms with Crippen molar-refractivity contribution >= 4 is 17.5 Å². The number of nitrogens with zero attached hydrogens (tertiary/aromatic N) is 2. The number of unbranched alkanes of at least 4 members (excludes halogenated alkanes) is 8. The van der Waals surface area contributed by atoms with Gasteiger partial charge in [-0.05, 0) is 52.7 Å². The highest BCUT2D eigenvalue weighted by Gasteiger charge is 2.20. The Morgan fingerprint density at radius 1 is 1.00 bits per heavy atom. The topological polar surface area (TPSA) is 87.6 Å². The van der Waals surface area contributed by atoms with Gasteiger partial charge in [-0.3, -0.25) is 4.79 Å². The number of hydrogen-bond donors (Lipinski definition) is 1. The summed E-state index contributed by atoms with van der Waals surface area (Å²) < 4.78 is 10.7. The summed E-state index contributed by atoms with van der Waals surface area (Å²) in [6.07, 6.45) is 13.3. The van der Waals surface area contributed by atoms with Crippen molar-refractivity contribution in [2.24, 2.45) is 0 Å². The van der Waals surface area contributed by atoms with Crippen LogP contribution in [-0.4, -0.2) is 29.4 Å². The van der Waals surface area contributed by atoms with E-state index in [0.29, 0.717) is 18.7 Å². The Bertz CT molecular complexity index is 758. The smallest absolute Gasteiger partial charge is 0.287 e. The number of rotatable bonds is 15. The summed E-state index contributed by atoms with van der Waals surface area (Å²) in [7, 11) is 0. The van der Waals surface area contributed by atoms with Crippen molar-refractivity contribution in [3.63, 3.8) is 0 Å². The molecule has 0 amide bonds. The number of carbonyl (C=O) groups is 1. The molecule has 1 heterocycles. The largest absolute Gasteiger partial charge is 0.662 e. The Kier molecular flexibility index (Phi) is 14.4. The molecular weight excluding hydrogens is 408 g/mol. The van der Waals surface area contributed by atoms with E-state index in [1.807, 2.05) is 0 Å². The molecule has 2 aromatic rings. The molecule has 0 atom stereocenters. The van der Waals surface area contributed by atoms with Crippen molar-refractivity contribution in [1.82, 2.24) is 4.57 Å². The number of aromatic nitrogens is 2. The molecule has 7 nitrogen and oxygen atoms in total. The van der Waals surface area contributed by atoms with Crippen LogP contribution in [0.1, 0.15) is 97.6 Å². The van der Waals surface area contributed by atoms with Gasteiger partial charge in [0.25, 0.3) is 6.47 Å². The molecule has 1 N–H and O–H groups in total. The van der Waals surface area contributed by atoms with Gasteiger partial charge >= 0.3 is 0 Å². The second-order valence-corrected chi connectivity index (χ2v) is 8.71. The van der Waals surface area contributed by atoms with Gasteiger partial charge in [-0.25, -0.2) is 9.13 Å². The SMILES string of the molecule is CC(C)n1c[n+](C(C)C)c2ccc(OCCCCCCCCCCCO)cc21.O=CO[O-]. The van der Waals surface area contributed by atoms with Crippen LogP contribution in [0.3, 0.4) is 0 Å². The molecule has 0 bridgehead atoms. The fourth-order valence-electron chi connectivity index (χ4n) is 3.74. The maximum atomic E-state index is 8.77. The highest BCUT2D eigenvalue weighted by Crippen LogP contribution is 2.23. The zero-order chi connectivity index (χ0) is 23.8. The molecule has 0 fully saturated rings. The molecule has 32 heavy (non-hydrogen) atoms. The lowest BCUT2D eigenvalue weighted by molar-refractivity contribution is -0.692. The molecule has 1 aromatic carbocycles. The minimum atomic E-state index is -0.181. The van der Waals surface area contributed by atoms with Crippen molar-refractivity contribution in [3.05, 3.63) is 24.5 Å². The molecule has 0 aliphatic rings. The Labute approximate surface area is 192 Å². The number of imidazole rings is 1. The van der Waals surface area contributed by atoms with Gasteiger partial charge in [-0.1, -0.05) is 44.9 Å². The number of aliphatic hydroxyl groups is 1. The van der Waals surface area contributed by atoms with Gasteiger partial charge in [0.2, 0.25) is 6.33 Å². The van der Waals surface area contributed by atoms with E-state index in [2.05, 4.69) is 66.2 Å². The first-order valence-corrected chi connectivity index (χ1v) is 12.0. The minimum absolute atomic E-state index is 0.181. The first-order valence-electron chi connectivity index (χ1n) is 12.0. The predicted octanol–water partition coefficient (Wildman–Crippen LogP) is 4.41. The lowest BCUT2D eigenvalue weighted by Gasteiger charge is -2.07. The maximum Gasteiger partial charge on any atom is 0.287 e. The quantitative estimate of drug-likeness (QED) is 0.143. The van der Waals surface area contributed by atoms with Crippen LogP contribution in [0.25, 0.3) is 11.0 Å². The van der Waals surface area contributed by atoms with Crippen LogP contribution in [0.5, 0.6) is 5.75 Å². The molecule has 0 saturated heterocycles.